The van der Waals surface area contributed by atoms with Crippen molar-refractivity contribution in [1.29, 1.82) is 0 Å². The fourth-order valence-corrected chi connectivity index (χ4v) is 4.01. The summed E-state index contributed by atoms with van der Waals surface area (Å²) in [4.78, 5) is 14.8. The second-order valence-electron chi connectivity index (χ2n) is 7.95. The number of rotatable bonds is 9. The number of nitrogens with zero attached hydrogens (tertiary/aromatic N) is 1. The summed E-state index contributed by atoms with van der Waals surface area (Å²) in [7, 11) is 0. The Bertz CT molecular complexity index is 930. The molecule has 1 heterocycles. The van der Waals surface area contributed by atoms with Crippen LogP contribution >= 0.6 is 0 Å². The summed E-state index contributed by atoms with van der Waals surface area (Å²) in [5.74, 6) is 0.164. The van der Waals surface area contributed by atoms with Crippen molar-refractivity contribution in [3.63, 3.8) is 0 Å². The lowest BCUT2D eigenvalue weighted by atomic mass is 9.97. The zero-order chi connectivity index (χ0) is 21.3. The summed E-state index contributed by atoms with van der Waals surface area (Å²) in [6, 6.07) is 30.3. The van der Waals surface area contributed by atoms with Gasteiger partial charge in [0.25, 0.3) is 0 Å². The Hall–Kier alpha value is -2.95. The van der Waals surface area contributed by atoms with Gasteiger partial charge < -0.3 is 14.4 Å². The number of hydrogen-bond acceptors (Lipinski definition) is 3. The minimum Gasteiger partial charge on any atom is -0.375 e. The molecule has 1 fully saturated rings. The lowest BCUT2D eigenvalue weighted by molar-refractivity contribution is -0.151. The Morgan fingerprint density at radius 3 is 1.90 bits per heavy atom. The molecule has 1 amide bonds. The first-order valence-electron chi connectivity index (χ1n) is 10.9. The molecule has 0 N–H and O–H groups in total. The fourth-order valence-electron chi connectivity index (χ4n) is 4.01. The third kappa shape index (κ3) is 6.03. The Morgan fingerprint density at radius 2 is 1.29 bits per heavy atom. The molecule has 0 spiro atoms. The minimum atomic E-state index is -0.117. The van der Waals surface area contributed by atoms with Crippen LogP contribution in [0.2, 0.25) is 0 Å². The minimum absolute atomic E-state index is 0.0580. The maximum atomic E-state index is 12.9. The predicted octanol–water partition coefficient (Wildman–Crippen LogP) is 4.98. The summed E-state index contributed by atoms with van der Waals surface area (Å²) in [6.45, 7) is 2.08. The second-order valence-corrected chi connectivity index (χ2v) is 7.95. The van der Waals surface area contributed by atoms with Crippen molar-refractivity contribution < 1.29 is 14.3 Å². The van der Waals surface area contributed by atoms with Crippen molar-refractivity contribution in [1.82, 2.24) is 4.90 Å². The molecule has 0 bridgehead atoms. The van der Waals surface area contributed by atoms with Crippen LogP contribution < -0.4 is 0 Å². The molecular formula is C27H29NO3. The summed E-state index contributed by atoms with van der Waals surface area (Å²) in [5, 5.41) is 0. The highest BCUT2D eigenvalue weighted by atomic mass is 16.5. The van der Waals surface area contributed by atoms with E-state index in [0.29, 0.717) is 32.8 Å². The van der Waals surface area contributed by atoms with Crippen LogP contribution in [-0.4, -0.2) is 29.6 Å². The zero-order valence-corrected chi connectivity index (χ0v) is 17.7. The lowest BCUT2D eigenvalue weighted by Crippen LogP contribution is -2.53. The Kier molecular flexibility index (Phi) is 7.48. The molecule has 2 atom stereocenters. The molecule has 160 valence electrons. The van der Waals surface area contributed by atoms with Gasteiger partial charge in [0.15, 0.2) is 0 Å². The van der Waals surface area contributed by atoms with Gasteiger partial charge in [0.1, 0.15) is 0 Å². The van der Waals surface area contributed by atoms with Gasteiger partial charge in [-0.25, -0.2) is 0 Å². The average molecular weight is 416 g/mol. The molecule has 0 saturated carbocycles. The van der Waals surface area contributed by atoms with Gasteiger partial charge in [-0.1, -0.05) is 91.0 Å². The molecular weight excluding hydrogens is 386 g/mol. The van der Waals surface area contributed by atoms with Gasteiger partial charge in [-0.05, 0) is 23.1 Å². The van der Waals surface area contributed by atoms with Crippen LogP contribution in [0, 0.1) is 0 Å². The summed E-state index contributed by atoms with van der Waals surface area (Å²) in [5.41, 5.74) is 3.38. The van der Waals surface area contributed by atoms with Crippen LogP contribution in [0.3, 0.4) is 0 Å². The molecule has 0 radical (unpaired) electrons. The van der Waals surface area contributed by atoms with E-state index in [1.807, 2.05) is 59.5 Å². The van der Waals surface area contributed by atoms with Gasteiger partial charge in [0.2, 0.25) is 5.91 Å². The molecule has 1 aliphatic heterocycles. The van der Waals surface area contributed by atoms with Gasteiger partial charge >= 0.3 is 0 Å². The highest BCUT2D eigenvalue weighted by Gasteiger charge is 2.36. The Labute approximate surface area is 184 Å². The quantitative estimate of drug-likeness (QED) is 0.495. The number of ether oxygens (including phenoxy) is 2. The van der Waals surface area contributed by atoms with Gasteiger partial charge in [0, 0.05) is 13.0 Å². The summed E-state index contributed by atoms with van der Waals surface area (Å²) >= 11 is 0. The number of likely N-dealkylation sites (tertiary alicyclic amines) is 1. The predicted molar refractivity (Wildman–Crippen MR) is 121 cm³/mol. The third-order valence-corrected chi connectivity index (χ3v) is 5.70. The van der Waals surface area contributed by atoms with Crippen molar-refractivity contribution in [2.75, 3.05) is 6.61 Å². The second kappa shape index (κ2) is 10.9. The molecule has 3 aromatic carbocycles. The molecule has 4 nitrogen and oxygen atoms in total. The largest absolute Gasteiger partial charge is 0.375 e. The third-order valence-electron chi connectivity index (χ3n) is 5.70. The van der Waals surface area contributed by atoms with Crippen molar-refractivity contribution in [2.45, 2.75) is 44.7 Å². The van der Waals surface area contributed by atoms with E-state index in [9.17, 15) is 4.79 Å². The molecule has 1 saturated heterocycles. The SMILES string of the molecule is O=C1CC[C@H](OCc2ccccc2)[C@@H](COCc2ccccc2)N1Cc1ccccc1. The smallest absolute Gasteiger partial charge is 0.223 e. The molecule has 0 unspecified atom stereocenters. The normalized spacial score (nSPS) is 18.8. The number of piperidine rings is 1. The average Bonchev–Trinajstić information content (AvgIpc) is 2.82. The van der Waals surface area contributed by atoms with Crippen LogP contribution in [-0.2, 0) is 34.0 Å². The fraction of sp³-hybridized carbons (Fsp3) is 0.296. The van der Waals surface area contributed by atoms with E-state index >= 15 is 0 Å². The van der Waals surface area contributed by atoms with E-state index < -0.39 is 0 Å². The van der Waals surface area contributed by atoms with Crippen LogP contribution in [0.5, 0.6) is 0 Å². The lowest BCUT2D eigenvalue weighted by Gasteiger charge is -2.41. The van der Waals surface area contributed by atoms with E-state index in [4.69, 9.17) is 9.47 Å². The molecule has 1 aliphatic rings. The first-order chi connectivity index (χ1) is 15.3. The van der Waals surface area contributed by atoms with Crippen LogP contribution in [0.25, 0.3) is 0 Å². The highest BCUT2D eigenvalue weighted by Crippen LogP contribution is 2.25. The van der Waals surface area contributed by atoms with Crippen molar-refractivity contribution in [3.8, 4) is 0 Å². The summed E-state index contributed by atoms with van der Waals surface area (Å²) < 4.78 is 12.4. The molecule has 3 aromatic rings. The number of hydrogen-bond donors (Lipinski definition) is 0. The number of benzene rings is 3. The number of carbonyl (C=O) groups excluding carboxylic acids is 1. The van der Waals surface area contributed by atoms with Gasteiger partial charge in [0.05, 0.1) is 32.0 Å². The van der Waals surface area contributed by atoms with E-state index in [-0.39, 0.29) is 18.1 Å². The zero-order valence-electron chi connectivity index (χ0n) is 17.7. The standard InChI is InChI=1S/C27H29NO3/c29-27-17-16-26(31-20-24-14-8-3-9-15-24)25(21-30-19-23-12-6-2-7-13-23)28(27)18-22-10-4-1-5-11-22/h1-15,25-26H,16-21H2/t25-,26+/m1/s1. The molecule has 31 heavy (non-hydrogen) atoms. The first kappa shape index (κ1) is 21.3. The monoisotopic (exact) mass is 415 g/mol. The van der Waals surface area contributed by atoms with Crippen LogP contribution in [0.1, 0.15) is 29.5 Å². The number of amides is 1. The molecule has 4 rings (SSSR count). The van der Waals surface area contributed by atoms with Gasteiger partial charge in [-0.15, -0.1) is 0 Å². The Morgan fingerprint density at radius 1 is 0.742 bits per heavy atom. The Balaban J connectivity index is 1.46. The van der Waals surface area contributed by atoms with E-state index in [1.165, 1.54) is 0 Å². The number of carbonyl (C=O) groups is 1. The topological polar surface area (TPSA) is 38.8 Å². The first-order valence-corrected chi connectivity index (χ1v) is 10.9. The maximum absolute atomic E-state index is 12.9. The van der Waals surface area contributed by atoms with Crippen molar-refractivity contribution in [2.24, 2.45) is 0 Å². The maximum Gasteiger partial charge on any atom is 0.223 e. The molecule has 0 aliphatic carbocycles. The highest BCUT2D eigenvalue weighted by molar-refractivity contribution is 5.77. The van der Waals surface area contributed by atoms with E-state index in [0.717, 1.165) is 23.1 Å². The summed E-state index contributed by atoms with van der Waals surface area (Å²) in [6.07, 6.45) is 1.16. The van der Waals surface area contributed by atoms with Gasteiger partial charge in [-0.2, -0.15) is 0 Å². The van der Waals surface area contributed by atoms with Gasteiger partial charge in [-0.3, -0.25) is 4.79 Å². The molecule has 4 heteroatoms. The van der Waals surface area contributed by atoms with E-state index in [2.05, 4.69) is 36.4 Å². The van der Waals surface area contributed by atoms with Crippen molar-refractivity contribution in [3.05, 3.63) is 108 Å². The van der Waals surface area contributed by atoms with Crippen molar-refractivity contribution >= 4 is 5.91 Å². The van der Waals surface area contributed by atoms with Crippen LogP contribution in [0.4, 0.5) is 0 Å². The van der Waals surface area contributed by atoms with E-state index in [1.54, 1.807) is 0 Å². The van der Waals surface area contributed by atoms with Crippen LogP contribution in [0.15, 0.2) is 91.0 Å². The molecule has 0 aromatic heterocycles.